The molecule has 0 radical (unpaired) electrons. The summed E-state index contributed by atoms with van der Waals surface area (Å²) in [6.07, 6.45) is 5.58. The van der Waals surface area contributed by atoms with Crippen LogP contribution in [-0.4, -0.2) is 20.7 Å². The third-order valence-electron chi connectivity index (χ3n) is 4.34. The number of aromatic nitrogens is 3. The minimum absolute atomic E-state index is 0.0275. The lowest BCUT2D eigenvalue weighted by Gasteiger charge is -2.15. The highest BCUT2D eigenvalue weighted by Crippen LogP contribution is 2.43. The lowest BCUT2D eigenvalue weighted by Crippen LogP contribution is -2.26. The molecule has 4 rings (SSSR count). The Morgan fingerprint density at radius 2 is 2.08 bits per heavy atom. The zero-order chi connectivity index (χ0) is 16.5. The number of carbonyl (C=O) groups excluding carboxylic acids is 1. The van der Waals surface area contributed by atoms with E-state index in [-0.39, 0.29) is 11.9 Å². The molecule has 3 aromatic rings. The summed E-state index contributed by atoms with van der Waals surface area (Å²) < 4.78 is 1.71. The number of nitrogens with one attached hydrogen (secondary N) is 1. The highest BCUT2D eigenvalue weighted by Gasteiger charge is 2.29. The molecule has 0 aliphatic heterocycles. The van der Waals surface area contributed by atoms with Crippen molar-refractivity contribution in [2.45, 2.75) is 31.7 Å². The van der Waals surface area contributed by atoms with E-state index in [1.54, 1.807) is 11.0 Å². The van der Waals surface area contributed by atoms with Gasteiger partial charge in [0.25, 0.3) is 5.91 Å². The topological polar surface area (TPSA) is 59.8 Å². The summed E-state index contributed by atoms with van der Waals surface area (Å²) in [7, 11) is 0. The van der Waals surface area contributed by atoms with Gasteiger partial charge in [0.1, 0.15) is 12.7 Å². The second-order valence-electron chi connectivity index (χ2n) is 6.11. The second kappa shape index (κ2) is 6.20. The molecule has 0 spiro atoms. The van der Waals surface area contributed by atoms with E-state index in [1.807, 2.05) is 36.6 Å². The van der Waals surface area contributed by atoms with Crippen LogP contribution < -0.4 is 5.32 Å². The van der Waals surface area contributed by atoms with Crippen molar-refractivity contribution in [2.75, 3.05) is 0 Å². The van der Waals surface area contributed by atoms with Crippen LogP contribution in [-0.2, 0) is 0 Å². The predicted octanol–water partition coefficient (Wildman–Crippen LogP) is 3.70. The van der Waals surface area contributed by atoms with E-state index in [0.29, 0.717) is 5.92 Å². The van der Waals surface area contributed by atoms with Crippen LogP contribution in [0.5, 0.6) is 0 Å². The molecule has 1 N–H and O–H groups in total. The Morgan fingerprint density at radius 1 is 1.29 bits per heavy atom. The molecule has 0 unspecified atom stereocenters. The molecule has 2 heterocycles. The van der Waals surface area contributed by atoms with Gasteiger partial charge in [-0.3, -0.25) is 4.79 Å². The molecule has 6 heteroatoms. The number of hydrogen-bond donors (Lipinski definition) is 1. The Bertz CT molecular complexity index is 834. The van der Waals surface area contributed by atoms with Crippen LogP contribution in [0.1, 0.15) is 52.5 Å². The van der Waals surface area contributed by atoms with Crippen LogP contribution >= 0.6 is 11.3 Å². The molecule has 1 fully saturated rings. The fourth-order valence-corrected chi connectivity index (χ4v) is 3.71. The summed E-state index contributed by atoms with van der Waals surface area (Å²) >= 11 is 1.53. The fraction of sp³-hybridized carbons (Fsp3) is 0.278. The molecule has 0 bridgehead atoms. The van der Waals surface area contributed by atoms with Gasteiger partial charge in [0.2, 0.25) is 0 Å². The molecule has 1 amide bonds. The summed E-state index contributed by atoms with van der Waals surface area (Å²) in [5, 5.41) is 9.24. The summed E-state index contributed by atoms with van der Waals surface area (Å²) in [5.74, 6) is 0.619. The molecule has 1 aliphatic rings. The van der Waals surface area contributed by atoms with Crippen molar-refractivity contribution in [3.05, 3.63) is 64.4 Å². The Labute approximate surface area is 144 Å². The van der Waals surface area contributed by atoms with Crippen LogP contribution in [0.15, 0.2) is 48.4 Å². The number of carbonyl (C=O) groups is 1. The van der Waals surface area contributed by atoms with Crippen molar-refractivity contribution in [2.24, 2.45) is 0 Å². The number of benzene rings is 1. The van der Waals surface area contributed by atoms with E-state index < -0.39 is 0 Å². The van der Waals surface area contributed by atoms with Gasteiger partial charge in [-0.1, -0.05) is 12.1 Å². The number of nitrogens with zero attached hydrogens (tertiary/aromatic N) is 3. The minimum Gasteiger partial charge on any atom is -0.345 e. The zero-order valence-corrected chi connectivity index (χ0v) is 14.2. The fourth-order valence-electron chi connectivity index (χ4n) is 2.82. The molecule has 1 saturated carbocycles. The first-order chi connectivity index (χ1) is 11.7. The second-order valence-corrected chi connectivity index (χ2v) is 7.02. The van der Waals surface area contributed by atoms with E-state index in [1.165, 1.54) is 36.1 Å². The monoisotopic (exact) mass is 338 g/mol. The Morgan fingerprint density at radius 3 is 2.75 bits per heavy atom. The van der Waals surface area contributed by atoms with Gasteiger partial charge >= 0.3 is 0 Å². The van der Waals surface area contributed by atoms with E-state index >= 15 is 0 Å². The smallest absolute Gasteiger partial charge is 0.262 e. The number of rotatable bonds is 5. The molecule has 0 saturated heterocycles. The average Bonchev–Trinajstić information content (AvgIpc) is 3.11. The van der Waals surface area contributed by atoms with Crippen molar-refractivity contribution in [1.29, 1.82) is 0 Å². The third-order valence-corrected chi connectivity index (χ3v) is 5.27. The molecular weight excluding hydrogens is 320 g/mol. The first-order valence-corrected chi connectivity index (χ1v) is 8.93. The molecule has 1 aliphatic carbocycles. The molecule has 24 heavy (non-hydrogen) atoms. The van der Waals surface area contributed by atoms with Gasteiger partial charge in [0.15, 0.2) is 0 Å². The molecular formula is C18H18N4OS. The minimum atomic E-state index is -0.0450. The standard InChI is InChI=1S/C18H18N4OS/c1-12(13-4-6-15(7-5-13)22-11-19-10-20-22)21-18(23)17-16(8-9-24-17)14-2-3-14/h4-12,14H,2-3H2,1H3,(H,21,23)/t12-/m1/s1. The first kappa shape index (κ1) is 15.1. The van der Waals surface area contributed by atoms with Crippen molar-refractivity contribution >= 4 is 17.2 Å². The van der Waals surface area contributed by atoms with E-state index in [9.17, 15) is 4.79 Å². The van der Waals surface area contributed by atoms with Crippen molar-refractivity contribution in [3.63, 3.8) is 0 Å². The lowest BCUT2D eigenvalue weighted by atomic mass is 10.1. The van der Waals surface area contributed by atoms with Gasteiger partial charge in [-0.15, -0.1) is 11.3 Å². The summed E-state index contributed by atoms with van der Waals surface area (Å²) in [5.41, 5.74) is 3.23. The maximum atomic E-state index is 12.6. The third kappa shape index (κ3) is 2.97. The van der Waals surface area contributed by atoms with Gasteiger partial charge in [0, 0.05) is 0 Å². The first-order valence-electron chi connectivity index (χ1n) is 8.05. The Balaban J connectivity index is 1.46. The quantitative estimate of drug-likeness (QED) is 0.772. The molecule has 122 valence electrons. The van der Waals surface area contributed by atoms with E-state index in [2.05, 4.69) is 21.5 Å². The largest absolute Gasteiger partial charge is 0.345 e. The summed E-state index contributed by atoms with van der Waals surface area (Å²) in [4.78, 5) is 17.4. The van der Waals surface area contributed by atoms with Gasteiger partial charge in [0.05, 0.1) is 16.6 Å². The lowest BCUT2D eigenvalue weighted by molar-refractivity contribution is 0.0943. The van der Waals surface area contributed by atoms with Gasteiger partial charge < -0.3 is 5.32 Å². The van der Waals surface area contributed by atoms with Gasteiger partial charge in [-0.05, 0) is 60.4 Å². The van der Waals surface area contributed by atoms with E-state index in [4.69, 9.17) is 0 Å². The van der Waals surface area contributed by atoms with Crippen LogP contribution in [0.4, 0.5) is 0 Å². The molecule has 5 nitrogen and oxygen atoms in total. The highest BCUT2D eigenvalue weighted by atomic mass is 32.1. The Kier molecular flexibility index (Phi) is 3.90. The maximum Gasteiger partial charge on any atom is 0.262 e. The van der Waals surface area contributed by atoms with Crippen LogP contribution in [0.2, 0.25) is 0 Å². The Hall–Kier alpha value is -2.47. The zero-order valence-electron chi connectivity index (χ0n) is 13.3. The van der Waals surface area contributed by atoms with E-state index in [0.717, 1.165) is 16.1 Å². The van der Waals surface area contributed by atoms with Crippen LogP contribution in [0, 0.1) is 0 Å². The number of amides is 1. The van der Waals surface area contributed by atoms with Crippen LogP contribution in [0.25, 0.3) is 5.69 Å². The maximum absolute atomic E-state index is 12.6. The molecule has 2 aromatic heterocycles. The van der Waals surface area contributed by atoms with Gasteiger partial charge in [-0.25, -0.2) is 9.67 Å². The van der Waals surface area contributed by atoms with Crippen molar-refractivity contribution in [1.82, 2.24) is 20.1 Å². The highest BCUT2D eigenvalue weighted by molar-refractivity contribution is 7.12. The summed E-state index contributed by atoms with van der Waals surface area (Å²) in [6.45, 7) is 2.01. The van der Waals surface area contributed by atoms with Gasteiger partial charge in [-0.2, -0.15) is 5.10 Å². The normalized spacial score (nSPS) is 15.2. The number of thiophene rings is 1. The number of hydrogen-bond acceptors (Lipinski definition) is 4. The molecule has 1 aromatic carbocycles. The molecule has 1 atom stereocenters. The predicted molar refractivity (Wildman–Crippen MR) is 93.5 cm³/mol. The van der Waals surface area contributed by atoms with Crippen molar-refractivity contribution < 1.29 is 4.79 Å². The van der Waals surface area contributed by atoms with Crippen LogP contribution in [0.3, 0.4) is 0 Å². The van der Waals surface area contributed by atoms with Crippen molar-refractivity contribution in [3.8, 4) is 5.69 Å². The average molecular weight is 338 g/mol. The summed E-state index contributed by atoms with van der Waals surface area (Å²) in [6, 6.07) is 10.0. The SMILES string of the molecule is C[C@@H](NC(=O)c1sccc1C1CC1)c1ccc(-n2cncn2)cc1.